The molecule has 1 N–H and O–H groups in total. The number of amides is 1. The number of anilines is 1. The van der Waals surface area contributed by atoms with Crippen molar-refractivity contribution in [3.8, 4) is 0 Å². The van der Waals surface area contributed by atoms with Gasteiger partial charge >= 0.3 is 0 Å². The Labute approximate surface area is 144 Å². The van der Waals surface area contributed by atoms with Crippen LogP contribution in [-0.2, 0) is 11.8 Å². The molecule has 0 fully saturated rings. The molecule has 5 nitrogen and oxygen atoms in total. The lowest BCUT2D eigenvalue weighted by Gasteiger charge is -2.01. The van der Waals surface area contributed by atoms with E-state index in [0.717, 1.165) is 22.3 Å². The molecule has 0 bridgehead atoms. The number of carbonyl (C=O) groups is 1. The third-order valence-corrected chi connectivity index (χ3v) is 3.72. The lowest BCUT2D eigenvalue weighted by molar-refractivity contribution is -0.111. The summed E-state index contributed by atoms with van der Waals surface area (Å²) >= 11 is 5.89. The molecule has 1 aromatic carbocycles. The highest BCUT2D eigenvalue weighted by Gasteiger charge is 2.09. The van der Waals surface area contributed by atoms with E-state index in [-0.39, 0.29) is 5.91 Å². The highest BCUT2D eigenvalue weighted by molar-refractivity contribution is 6.30. The van der Waals surface area contributed by atoms with E-state index in [1.807, 2.05) is 49.5 Å². The Morgan fingerprint density at radius 1 is 1.29 bits per heavy atom. The Hall–Kier alpha value is -2.92. The van der Waals surface area contributed by atoms with Crippen LogP contribution in [0, 0.1) is 0 Å². The minimum absolute atomic E-state index is 0.279. The SMILES string of the molecule is C=CC(=O)Nc1cnc2c(c1)c(/C=C/c1ccc(Cl)cc1)nn2C. The third-order valence-electron chi connectivity index (χ3n) is 3.46. The molecule has 0 atom stereocenters. The monoisotopic (exact) mass is 338 g/mol. The minimum Gasteiger partial charge on any atom is -0.321 e. The van der Waals surface area contributed by atoms with Gasteiger partial charge in [0.25, 0.3) is 0 Å². The molecule has 3 aromatic rings. The van der Waals surface area contributed by atoms with E-state index in [1.165, 1.54) is 6.08 Å². The number of halogens is 1. The Morgan fingerprint density at radius 2 is 2.04 bits per heavy atom. The number of aryl methyl sites for hydroxylation is 1. The molecule has 0 aliphatic heterocycles. The number of rotatable bonds is 4. The summed E-state index contributed by atoms with van der Waals surface area (Å²) in [6.45, 7) is 3.44. The second-order valence-corrected chi connectivity index (χ2v) is 5.62. The lowest BCUT2D eigenvalue weighted by atomic mass is 10.2. The molecule has 2 heterocycles. The van der Waals surface area contributed by atoms with Crippen LogP contribution < -0.4 is 5.32 Å². The molecule has 120 valence electrons. The van der Waals surface area contributed by atoms with E-state index in [9.17, 15) is 4.79 Å². The molecule has 0 saturated carbocycles. The zero-order valence-electron chi connectivity index (χ0n) is 13.0. The van der Waals surface area contributed by atoms with Crippen molar-refractivity contribution >= 4 is 46.4 Å². The molecule has 0 aliphatic carbocycles. The van der Waals surface area contributed by atoms with Crippen LogP contribution in [0.4, 0.5) is 5.69 Å². The molecule has 1 amide bonds. The number of hydrogen-bond donors (Lipinski definition) is 1. The fraction of sp³-hybridized carbons (Fsp3) is 0.0556. The number of fused-ring (bicyclic) bond motifs is 1. The van der Waals surface area contributed by atoms with Gasteiger partial charge < -0.3 is 5.32 Å². The Balaban J connectivity index is 1.97. The average molecular weight is 339 g/mol. The van der Waals surface area contributed by atoms with Crippen LogP contribution in [0.3, 0.4) is 0 Å². The van der Waals surface area contributed by atoms with Crippen molar-refractivity contribution in [1.29, 1.82) is 0 Å². The van der Waals surface area contributed by atoms with Gasteiger partial charge in [0.1, 0.15) is 0 Å². The first-order valence-corrected chi connectivity index (χ1v) is 7.64. The largest absolute Gasteiger partial charge is 0.321 e. The first-order valence-electron chi connectivity index (χ1n) is 7.26. The Morgan fingerprint density at radius 3 is 2.75 bits per heavy atom. The Bertz CT molecular complexity index is 942. The van der Waals surface area contributed by atoms with Crippen LogP contribution in [-0.4, -0.2) is 20.7 Å². The molecule has 2 aromatic heterocycles. The van der Waals surface area contributed by atoms with Gasteiger partial charge in [0.15, 0.2) is 5.65 Å². The van der Waals surface area contributed by atoms with Crippen LogP contribution in [0.5, 0.6) is 0 Å². The van der Waals surface area contributed by atoms with Crippen molar-refractivity contribution < 1.29 is 4.79 Å². The first-order chi connectivity index (χ1) is 11.6. The molecule has 0 unspecified atom stereocenters. The van der Waals surface area contributed by atoms with Gasteiger partial charge in [0.05, 0.1) is 17.6 Å². The molecule has 3 rings (SSSR count). The predicted octanol–water partition coefficient (Wildman–Crippen LogP) is 3.92. The molecular formula is C18H15ClN4O. The van der Waals surface area contributed by atoms with E-state index in [1.54, 1.807) is 10.9 Å². The smallest absolute Gasteiger partial charge is 0.247 e. The summed E-state index contributed by atoms with van der Waals surface area (Å²) in [6, 6.07) is 9.37. The first kappa shape index (κ1) is 16.0. The van der Waals surface area contributed by atoms with Gasteiger partial charge in [-0.15, -0.1) is 0 Å². The van der Waals surface area contributed by atoms with Gasteiger partial charge in [-0.2, -0.15) is 5.10 Å². The topological polar surface area (TPSA) is 59.8 Å². The fourth-order valence-corrected chi connectivity index (χ4v) is 2.43. The summed E-state index contributed by atoms with van der Waals surface area (Å²) in [5.74, 6) is -0.279. The van der Waals surface area contributed by atoms with E-state index in [4.69, 9.17) is 11.6 Å². The van der Waals surface area contributed by atoms with E-state index in [0.29, 0.717) is 10.7 Å². The second-order valence-electron chi connectivity index (χ2n) is 5.18. The van der Waals surface area contributed by atoms with Gasteiger partial charge in [-0.05, 0) is 35.9 Å². The van der Waals surface area contributed by atoms with Crippen molar-refractivity contribution in [3.63, 3.8) is 0 Å². The minimum atomic E-state index is -0.279. The van der Waals surface area contributed by atoms with Crippen molar-refractivity contribution in [2.75, 3.05) is 5.32 Å². The molecule has 24 heavy (non-hydrogen) atoms. The summed E-state index contributed by atoms with van der Waals surface area (Å²) in [5.41, 5.74) is 3.12. The van der Waals surface area contributed by atoms with Crippen LogP contribution in [0.25, 0.3) is 23.2 Å². The zero-order valence-corrected chi connectivity index (χ0v) is 13.8. The van der Waals surface area contributed by atoms with Crippen LogP contribution in [0.15, 0.2) is 49.2 Å². The summed E-state index contributed by atoms with van der Waals surface area (Å²) in [6.07, 6.45) is 6.67. The summed E-state index contributed by atoms with van der Waals surface area (Å²) in [4.78, 5) is 15.8. The fourth-order valence-electron chi connectivity index (χ4n) is 2.30. The van der Waals surface area contributed by atoms with Crippen LogP contribution in [0.1, 0.15) is 11.3 Å². The standard InChI is InChI=1S/C18H15ClN4O/c1-3-17(24)21-14-10-15-16(22-23(2)18(15)20-11-14)9-6-12-4-7-13(19)8-5-12/h3-11H,1H2,2H3,(H,21,24)/b9-6+. The number of nitrogens with zero attached hydrogens (tertiary/aromatic N) is 3. The lowest BCUT2D eigenvalue weighted by Crippen LogP contribution is -2.07. The quantitative estimate of drug-likeness (QED) is 0.733. The maximum atomic E-state index is 11.4. The van der Waals surface area contributed by atoms with Crippen LogP contribution >= 0.6 is 11.6 Å². The number of aromatic nitrogens is 3. The van der Waals surface area contributed by atoms with Crippen LogP contribution in [0.2, 0.25) is 5.02 Å². The highest BCUT2D eigenvalue weighted by Crippen LogP contribution is 2.22. The molecule has 6 heteroatoms. The van der Waals surface area contributed by atoms with Crippen molar-refractivity contribution in [3.05, 3.63) is 65.5 Å². The van der Waals surface area contributed by atoms with E-state index >= 15 is 0 Å². The van der Waals surface area contributed by atoms with Gasteiger partial charge in [0, 0.05) is 17.5 Å². The molecule has 0 radical (unpaired) electrons. The van der Waals surface area contributed by atoms with Gasteiger partial charge in [-0.25, -0.2) is 9.67 Å². The predicted molar refractivity (Wildman–Crippen MR) is 97.7 cm³/mol. The summed E-state index contributed by atoms with van der Waals surface area (Å²) in [5, 5.41) is 8.72. The van der Waals surface area contributed by atoms with Gasteiger partial charge in [-0.1, -0.05) is 36.4 Å². The normalized spacial score (nSPS) is 11.1. The summed E-state index contributed by atoms with van der Waals surface area (Å²) in [7, 11) is 1.83. The second kappa shape index (κ2) is 6.68. The number of pyridine rings is 1. The average Bonchev–Trinajstić information content (AvgIpc) is 2.90. The molecule has 0 aliphatic rings. The third kappa shape index (κ3) is 3.36. The van der Waals surface area contributed by atoms with Crippen molar-refractivity contribution in [2.45, 2.75) is 0 Å². The van der Waals surface area contributed by atoms with Gasteiger partial charge in [-0.3, -0.25) is 4.79 Å². The van der Waals surface area contributed by atoms with Crippen molar-refractivity contribution in [1.82, 2.24) is 14.8 Å². The molecular weight excluding hydrogens is 324 g/mol. The Kier molecular flexibility index (Phi) is 4.44. The molecule has 0 saturated heterocycles. The number of benzene rings is 1. The maximum absolute atomic E-state index is 11.4. The summed E-state index contributed by atoms with van der Waals surface area (Å²) < 4.78 is 1.70. The van der Waals surface area contributed by atoms with E-state index in [2.05, 4.69) is 22.0 Å². The maximum Gasteiger partial charge on any atom is 0.247 e. The highest BCUT2D eigenvalue weighted by atomic mass is 35.5. The van der Waals surface area contributed by atoms with Crippen molar-refractivity contribution in [2.24, 2.45) is 7.05 Å². The number of nitrogens with one attached hydrogen (secondary N) is 1. The number of hydrogen-bond acceptors (Lipinski definition) is 3. The number of carbonyl (C=O) groups excluding carboxylic acids is 1. The molecule has 0 spiro atoms. The van der Waals surface area contributed by atoms with E-state index < -0.39 is 0 Å². The van der Waals surface area contributed by atoms with Gasteiger partial charge in [0.2, 0.25) is 5.91 Å². The zero-order chi connectivity index (χ0) is 17.1.